The van der Waals surface area contributed by atoms with E-state index in [0.717, 1.165) is 11.3 Å². The maximum Gasteiger partial charge on any atom is 0.331 e. The molecule has 0 fully saturated rings. The second-order valence-electron chi connectivity index (χ2n) is 5.39. The van der Waals surface area contributed by atoms with E-state index >= 15 is 0 Å². The molecule has 2 aromatic carbocycles. The van der Waals surface area contributed by atoms with Gasteiger partial charge in [0.2, 0.25) is 0 Å². The molecule has 2 aromatic rings. The average Bonchev–Trinajstić information content (AvgIpc) is 2.66. The van der Waals surface area contributed by atoms with Crippen molar-refractivity contribution < 1.29 is 19.1 Å². The van der Waals surface area contributed by atoms with Crippen molar-refractivity contribution in [3.8, 4) is 5.75 Å². The Labute approximate surface area is 147 Å². The molecule has 130 valence electrons. The lowest BCUT2D eigenvalue weighted by Gasteiger charge is -2.21. The quantitative estimate of drug-likeness (QED) is 0.598. The molecular weight excluding hydrogens is 318 g/mol. The average molecular weight is 339 g/mol. The second-order valence-corrected chi connectivity index (χ2v) is 5.39. The zero-order valence-corrected chi connectivity index (χ0v) is 14.5. The number of amides is 1. The monoisotopic (exact) mass is 339 g/mol. The standard InChI is InChI=1S/C20H21NO4/c1-15(20(23)21(2)17-10-5-4-6-11-17)25-19(22)14-13-16-9-7-8-12-18(16)24-3/h4-15H,1-3H3/b14-13+/t15-/m0/s1. The van der Waals surface area contributed by atoms with Crippen molar-refractivity contribution in [1.82, 2.24) is 0 Å². The first-order valence-corrected chi connectivity index (χ1v) is 7.87. The molecule has 0 bridgehead atoms. The molecule has 25 heavy (non-hydrogen) atoms. The number of hydrogen-bond donors (Lipinski definition) is 0. The molecule has 5 heteroatoms. The van der Waals surface area contributed by atoms with E-state index in [1.54, 1.807) is 33.2 Å². The summed E-state index contributed by atoms with van der Waals surface area (Å²) >= 11 is 0. The number of benzene rings is 2. The molecule has 0 radical (unpaired) electrons. The lowest BCUT2D eigenvalue weighted by molar-refractivity contribution is -0.148. The van der Waals surface area contributed by atoms with E-state index in [0.29, 0.717) is 5.75 Å². The third kappa shape index (κ3) is 4.94. The summed E-state index contributed by atoms with van der Waals surface area (Å²) in [5.41, 5.74) is 1.49. The van der Waals surface area contributed by atoms with Gasteiger partial charge in [0.15, 0.2) is 6.10 Å². The Morgan fingerprint density at radius 3 is 2.36 bits per heavy atom. The van der Waals surface area contributed by atoms with Gasteiger partial charge >= 0.3 is 5.97 Å². The highest BCUT2D eigenvalue weighted by atomic mass is 16.5. The molecule has 0 saturated heterocycles. The Morgan fingerprint density at radius 1 is 1.04 bits per heavy atom. The van der Waals surface area contributed by atoms with Crippen LogP contribution in [0.1, 0.15) is 12.5 Å². The van der Waals surface area contributed by atoms with Gasteiger partial charge in [-0.15, -0.1) is 0 Å². The number of para-hydroxylation sites is 2. The molecule has 2 rings (SSSR count). The molecule has 5 nitrogen and oxygen atoms in total. The van der Waals surface area contributed by atoms with Crippen LogP contribution in [0.4, 0.5) is 5.69 Å². The van der Waals surface area contributed by atoms with Gasteiger partial charge in [0, 0.05) is 24.4 Å². The van der Waals surface area contributed by atoms with E-state index < -0.39 is 12.1 Å². The Kier molecular flexibility index (Phi) is 6.34. The molecule has 0 aliphatic carbocycles. The number of hydrogen-bond acceptors (Lipinski definition) is 4. The summed E-state index contributed by atoms with van der Waals surface area (Å²) in [6.45, 7) is 1.55. The van der Waals surface area contributed by atoms with Gasteiger partial charge in [0.1, 0.15) is 5.75 Å². The summed E-state index contributed by atoms with van der Waals surface area (Å²) in [6.07, 6.45) is 1.99. The molecule has 0 N–H and O–H groups in total. The first-order chi connectivity index (χ1) is 12.0. The largest absolute Gasteiger partial charge is 0.496 e. The Bertz CT molecular complexity index is 755. The summed E-state index contributed by atoms with van der Waals surface area (Å²) in [6, 6.07) is 16.5. The maximum absolute atomic E-state index is 12.4. The van der Waals surface area contributed by atoms with Crippen molar-refractivity contribution in [3.05, 3.63) is 66.2 Å². The third-order valence-corrected chi connectivity index (χ3v) is 3.65. The molecule has 0 unspecified atom stereocenters. The van der Waals surface area contributed by atoms with Crippen molar-refractivity contribution >= 4 is 23.6 Å². The lowest BCUT2D eigenvalue weighted by atomic mass is 10.2. The Balaban J connectivity index is 1.97. The molecule has 0 saturated carbocycles. The molecular formula is C20H21NO4. The van der Waals surface area contributed by atoms with E-state index in [2.05, 4.69) is 0 Å². The number of nitrogens with zero attached hydrogens (tertiary/aromatic N) is 1. The molecule has 1 atom stereocenters. The number of likely N-dealkylation sites (N-methyl/N-ethyl adjacent to an activating group) is 1. The predicted molar refractivity (Wildman–Crippen MR) is 97.4 cm³/mol. The molecule has 0 aliphatic heterocycles. The summed E-state index contributed by atoms with van der Waals surface area (Å²) in [4.78, 5) is 25.8. The van der Waals surface area contributed by atoms with Crippen molar-refractivity contribution in [3.63, 3.8) is 0 Å². The highest BCUT2D eigenvalue weighted by Gasteiger charge is 2.21. The van der Waals surface area contributed by atoms with Gasteiger partial charge in [-0.1, -0.05) is 36.4 Å². The van der Waals surface area contributed by atoms with Crippen LogP contribution in [0.15, 0.2) is 60.7 Å². The Morgan fingerprint density at radius 2 is 1.68 bits per heavy atom. The Hall–Kier alpha value is -3.08. The summed E-state index contributed by atoms with van der Waals surface area (Å²) < 4.78 is 10.4. The predicted octanol–water partition coefficient (Wildman–Crippen LogP) is 3.30. The van der Waals surface area contributed by atoms with Crippen LogP contribution in [0.5, 0.6) is 5.75 Å². The van der Waals surface area contributed by atoms with Gasteiger partial charge in [-0.3, -0.25) is 4.79 Å². The third-order valence-electron chi connectivity index (χ3n) is 3.65. The van der Waals surface area contributed by atoms with Gasteiger partial charge < -0.3 is 14.4 Å². The van der Waals surface area contributed by atoms with Crippen molar-refractivity contribution in [2.24, 2.45) is 0 Å². The van der Waals surface area contributed by atoms with E-state index in [1.807, 2.05) is 48.5 Å². The highest BCUT2D eigenvalue weighted by Crippen LogP contribution is 2.19. The van der Waals surface area contributed by atoms with E-state index in [1.165, 1.54) is 11.0 Å². The number of esters is 1. The van der Waals surface area contributed by atoms with E-state index in [9.17, 15) is 9.59 Å². The molecule has 1 amide bonds. The smallest absolute Gasteiger partial charge is 0.331 e. The normalized spacial score (nSPS) is 11.8. The van der Waals surface area contributed by atoms with Crippen molar-refractivity contribution in [1.29, 1.82) is 0 Å². The first-order valence-electron chi connectivity index (χ1n) is 7.87. The van der Waals surface area contributed by atoms with Crippen molar-refractivity contribution in [2.75, 3.05) is 19.1 Å². The zero-order valence-electron chi connectivity index (χ0n) is 14.5. The lowest BCUT2D eigenvalue weighted by Crippen LogP contribution is -2.37. The van der Waals surface area contributed by atoms with Crippen LogP contribution in [0.2, 0.25) is 0 Å². The summed E-state index contributed by atoms with van der Waals surface area (Å²) in [7, 11) is 3.21. The minimum atomic E-state index is -0.889. The van der Waals surface area contributed by atoms with Crippen LogP contribution in [-0.4, -0.2) is 32.1 Å². The van der Waals surface area contributed by atoms with Crippen LogP contribution in [0, 0.1) is 0 Å². The SMILES string of the molecule is COc1ccccc1/C=C/C(=O)O[C@@H](C)C(=O)N(C)c1ccccc1. The topological polar surface area (TPSA) is 55.8 Å². The molecule has 0 aliphatic rings. The summed E-state index contributed by atoms with van der Waals surface area (Å²) in [5.74, 6) is -0.238. The number of anilines is 1. The number of ether oxygens (including phenoxy) is 2. The molecule has 0 heterocycles. The fraction of sp³-hybridized carbons (Fsp3) is 0.200. The number of carbonyl (C=O) groups excluding carboxylic acids is 2. The van der Waals surface area contributed by atoms with Crippen LogP contribution in [0.25, 0.3) is 6.08 Å². The van der Waals surface area contributed by atoms with E-state index in [4.69, 9.17) is 9.47 Å². The minimum absolute atomic E-state index is 0.301. The number of methoxy groups -OCH3 is 1. The van der Waals surface area contributed by atoms with Crippen LogP contribution in [-0.2, 0) is 14.3 Å². The molecule has 0 spiro atoms. The van der Waals surface area contributed by atoms with Crippen LogP contribution >= 0.6 is 0 Å². The number of carbonyl (C=O) groups is 2. The zero-order chi connectivity index (χ0) is 18.2. The van der Waals surface area contributed by atoms with Gasteiger partial charge in [0.05, 0.1) is 7.11 Å². The van der Waals surface area contributed by atoms with Crippen molar-refractivity contribution in [2.45, 2.75) is 13.0 Å². The first kappa shape index (κ1) is 18.3. The van der Waals surface area contributed by atoms with Crippen LogP contribution < -0.4 is 9.64 Å². The minimum Gasteiger partial charge on any atom is -0.496 e. The van der Waals surface area contributed by atoms with E-state index in [-0.39, 0.29) is 5.91 Å². The molecule has 0 aromatic heterocycles. The van der Waals surface area contributed by atoms with Gasteiger partial charge in [-0.05, 0) is 31.2 Å². The van der Waals surface area contributed by atoms with Gasteiger partial charge in [-0.2, -0.15) is 0 Å². The number of rotatable bonds is 6. The fourth-order valence-corrected chi connectivity index (χ4v) is 2.28. The van der Waals surface area contributed by atoms with Gasteiger partial charge in [0.25, 0.3) is 5.91 Å². The highest BCUT2D eigenvalue weighted by molar-refractivity contribution is 5.98. The van der Waals surface area contributed by atoms with Crippen LogP contribution in [0.3, 0.4) is 0 Å². The fourth-order valence-electron chi connectivity index (χ4n) is 2.28. The summed E-state index contributed by atoms with van der Waals surface area (Å²) in [5, 5.41) is 0. The second kappa shape index (κ2) is 8.68. The van der Waals surface area contributed by atoms with Gasteiger partial charge in [-0.25, -0.2) is 4.79 Å². The maximum atomic E-state index is 12.4.